The van der Waals surface area contributed by atoms with E-state index in [1.54, 1.807) is 38.1 Å². The topological polar surface area (TPSA) is 101 Å². The second-order valence-corrected chi connectivity index (χ2v) is 6.87. The lowest BCUT2D eigenvalue weighted by Gasteiger charge is -2.08. The predicted molar refractivity (Wildman–Crippen MR) is 84.2 cm³/mol. The van der Waals surface area contributed by atoms with Crippen LogP contribution in [0.3, 0.4) is 0 Å². The van der Waals surface area contributed by atoms with Crippen molar-refractivity contribution in [1.82, 2.24) is 10.2 Å². The first kappa shape index (κ1) is 16.5. The van der Waals surface area contributed by atoms with Crippen LogP contribution in [0.5, 0.6) is 0 Å². The average Bonchev–Trinajstić information content (AvgIpc) is 2.84. The number of aromatic amines is 1. The van der Waals surface area contributed by atoms with Gasteiger partial charge in [-0.3, -0.25) is 9.82 Å². The Balaban J connectivity index is 2.38. The fourth-order valence-corrected chi connectivity index (χ4v) is 3.24. The van der Waals surface area contributed by atoms with Gasteiger partial charge >= 0.3 is 5.97 Å². The highest BCUT2D eigenvalue weighted by Crippen LogP contribution is 2.22. The van der Waals surface area contributed by atoms with Crippen molar-refractivity contribution in [1.29, 1.82) is 0 Å². The highest BCUT2D eigenvalue weighted by molar-refractivity contribution is 9.10. The fraction of sp³-hybridized carbons (Fsp3) is 0.231. The van der Waals surface area contributed by atoms with E-state index >= 15 is 0 Å². The number of esters is 1. The molecule has 0 aliphatic heterocycles. The van der Waals surface area contributed by atoms with Crippen LogP contribution in [0.1, 0.15) is 23.0 Å². The molecule has 0 spiro atoms. The Morgan fingerprint density at radius 1 is 1.36 bits per heavy atom. The number of anilines is 1. The van der Waals surface area contributed by atoms with Gasteiger partial charge in [-0.25, -0.2) is 4.79 Å². The molecular weight excluding hydrogens is 374 g/mol. The van der Waals surface area contributed by atoms with E-state index in [1.807, 2.05) is 0 Å². The van der Waals surface area contributed by atoms with Crippen molar-refractivity contribution < 1.29 is 17.9 Å². The molecule has 7 nitrogen and oxygen atoms in total. The number of nitrogens with zero attached hydrogens (tertiary/aromatic N) is 1. The summed E-state index contributed by atoms with van der Waals surface area (Å²) in [5.41, 5.74) is 0.597. The molecule has 0 radical (unpaired) electrons. The molecule has 1 aromatic carbocycles. The van der Waals surface area contributed by atoms with Gasteiger partial charge in [-0.15, -0.1) is 0 Å². The summed E-state index contributed by atoms with van der Waals surface area (Å²) in [5, 5.41) is 5.84. The number of nitrogens with one attached hydrogen (secondary N) is 2. The zero-order chi connectivity index (χ0) is 16.3. The third kappa shape index (κ3) is 3.47. The smallest absolute Gasteiger partial charge is 0.343 e. The van der Waals surface area contributed by atoms with Crippen LogP contribution in [0.4, 0.5) is 5.69 Å². The largest absolute Gasteiger partial charge is 0.462 e. The van der Waals surface area contributed by atoms with Crippen LogP contribution in [-0.2, 0) is 14.8 Å². The van der Waals surface area contributed by atoms with Gasteiger partial charge in [0.05, 0.1) is 6.61 Å². The lowest BCUT2D eigenvalue weighted by atomic mass is 10.3. The van der Waals surface area contributed by atoms with Gasteiger partial charge in [0.15, 0.2) is 0 Å². The van der Waals surface area contributed by atoms with Crippen molar-refractivity contribution in [2.75, 3.05) is 11.3 Å². The van der Waals surface area contributed by atoms with Gasteiger partial charge in [0, 0.05) is 15.9 Å². The Bertz CT molecular complexity index is 784. The van der Waals surface area contributed by atoms with Gasteiger partial charge in [0.1, 0.15) is 5.56 Å². The zero-order valence-electron chi connectivity index (χ0n) is 11.9. The summed E-state index contributed by atoms with van der Waals surface area (Å²) >= 11 is 3.27. The lowest BCUT2D eigenvalue weighted by Crippen LogP contribution is -2.18. The van der Waals surface area contributed by atoms with Crippen LogP contribution >= 0.6 is 15.9 Å². The minimum atomic E-state index is -4.01. The number of benzene rings is 1. The molecule has 2 N–H and O–H groups in total. The molecule has 9 heteroatoms. The number of carbonyl (C=O) groups is 1. The van der Waals surface area contributed by atoms with Crippen LogP contribution in [0.2, 0.25) is 0 Å². The molecule has 0 atom stereocenters. The second-order valence-electron chi connectivity index (χ2n) is 4.36. The minimum Gasteiger partial charge on any atom is -0.462 e. The number of H-pyrrole nitrogens is 1. The number of sulfonamides is 1. The molecule has 2 aromatic rings. The Morgan fingerprint density at radius 2 is 2.00 bits per heavy atom. The molecule has 0 aliphatic rings. The summed E-state index contributed by atoms with van der Waals surface area (Å²) in [5.74, 6) is -0.732. The number of aromatic nitrogens is 2. The molecule has 22 heavy (non-hydrogen) atoms. The summed E-state index contributed by atoms with van der Waals surface area (Å²) in [4.78, 5) is 11.9. The van der Waals surface area contributed by atoms with Crippen molar-refractivity contribution in [3.05, 3.63) is 40.0 Å². The molecule has 0 saturated heterocycles. The molecule has 0 fully saturated rings. The van der Waals surface area contributed by atoms with Crippen LogP contribution < -0.4 is 4.72 Å². The van der Waals surface area contributed by atoms with E-state index in [0.29, 0.717) is 11.4 Å². The Morgan fingerprint density at radius 3 is 2.59 bits per heavy atom. The second kappa shape index (κ2) is 6.49. The number of carbonyl (C=O) groups excluding carboxylic acids is 1. The number of hydrogen-bond donors (Lipinski definition) is 2. The maximum atomic E-state index is 12.4. The molecule has 1 heterocycles. The first-order valence-corrected chi connectivity index (χ1v) is 8.63. The van der Waals surface area contributed by atoms with Crippen molar-refractivity contribution in [3.8, 4) is 0 Å². The van der Waals surface area contributed by atoms with Gasteiger partial charge in [-0.05, 0) is 38.1 Å². The van der Waals surface area contributed by atoms with E-state index < -0.39 is 16.0 Å². The minimum absolute atomic E-state index is 0.0912. The van der Waals surface area contributed by atoms with E-state index in [2.05, 4.69) is 30.8 Å². The molecule has 2 rings (SSSR count). The average molecular weight is 388 g/mol. The Kier molecular flexibility index (Phi) is 4.87. The molecule has 1 aromatic heterocycles. The van der Waals surface area contributed by atoms with Gasteiger partial charge in [-0.1, -0.05) is 15.9 Å². The molecule has 0 unspecified atom stereocenters. The van der Waals surface area contributed by atoms with Crippen molar-refractivity contribution >= 4 is 37.6 Å². The van der Waals surface area contributed by atoms with E-state index in [9.17, 15) is 13.2 Å². The quantitative estimate of drug-likeness (QED) is 0.767. The summed E-state index contributed by atoms with van der Waals surface area (Å²) < 4.78 is 32.9. The number of aryl methyl sites for hydroxylation is 1. The van der Waals surface area contributed by atoms with E-state index in [4.69, 9.17) is 4.74 Å². The summed E-state index contributed by atoms with van der Waals surface area (Å²) in [6, 6.07) is 6.57. The maximum Gasteiger partial charge on any atom is 0.343 e. The number of hydrogen-bond acceptors (Lipinski definition) is 5. The van der Waals surface area contributed by atoms with Gasteiger partial charge in [0.25, 0.3) is 10.0 Å². The third-order valence-electron chi connectivity index (χ3n) is 2.74. The zero-order valence-corrected chi connectivity index (χ0v) is 14.3. The third-order valence-corrected chi connectivity index (χ3v) is 4.58. The van der Waals surface area contributed by atoms with Crippen molar-refractivity contribution in [2.24, 2.45) is 0 Å². The molecule has 0 amide bonds. The highest BCUT2D eigenvalue weighted by atomic mass is 79.9. The van der Waals surface area contributed by atoms with Crippen LogP contribution in [-0.4, -0.2) is 31.2 Å². The summed E-state index contributed by atoms with van der Waals surface area (Å²) in [6.07, 6.45) is 0. The van der Waals surface area contributed by atoms with Crippen LogP contribution in [0.25, 0.3) is 0 Å². The van der Waals surface area contributed by atoms with Crippen molar-refractivity contribution in [3.63, 3.8) is 0 Å². The molecule has 0 saturated carbocycles. The number of ether oxygens (including phenoxy) is 1. The predicted octanol–water partition coefficient (Wildman–Crippen LogP) is 2.46. The number of rotatable bonds is 5. The summed E-state index contributed by atoms with van der Waals surface area (Å²) in [7, 11) is -4.01. The molecule has 118 valence electrons. The molecular formula is C13H14BrN3O4S. The molecule has 0 bridgehead atoms. The first-order valence-electron chi connectivity index (χ1n) is 6.35. The van der Waals surface area contributed by atoms with E-state index in [1.165, 1.54) is 0 Å². The lowest BCUT2D eigenvalue weighted by molar-refractivity contribution is 0.0521. The van der Waals surface area contributed by atoms with Crippen LogP contribution in [0, 0.1) is 6.92 Å². The van der Waals surface area contributed by atoms with E-state index in [-0.39, 0.29) is 17.2 Å². The SMILES string of the molecule is CCOC(=O)c1c(S(=O)(=O)Nc2ccc(Br)cc2)n[nH]c1C. The monoisotopic (exact) mass is 387 g/mol. The Hall–Kier alpha value is -1.87. The van der Waals surface area contributed by atoms with Crippen LogP contribution in [0.15, 0.2) is 33.8 Å². The Labute approximate surface area is 136 Å². The summed E-state index contributed by atoms with van der Waals surface area (Å²) in [6.45, 7) is 3.34. The van der Waals surface area contributed by atoms with Gasteiger partial charge in [0.2, 0.25) is 5.03 Å². The first-order chi connectivity index (χ1) is 10.3. The number of halogens is 1. The highest BCUT2D eigenvalue weighted by Gasteiger charge is 2.29. The maximum absolute atomic E-state index is 12.4. The molecule has 0 aliphatic carbocycles. The van der Waals surface area contributed by atoms with Gasteiger partial charge < -0.3 is 4.74 Å². The van der Waals surface area contributed by atoms with E-state index in [0.717, 1.165) is 4.47 Å². The fourth-order valence-electron chi connectivity index (χ4n) is 1.77. The van der Waals surface area contributed by atoms with Crippen molar-refractivity contribution in [2.45, 2.75) is 18.9 Å². The standard InChI is InChI=1S/C13H14BrN3O4S/c1-3-21-13(18)11-8(2)15-16-12(11)22(19,20)17-10-6-4-9(14)5-7-10/h4-7,17H,3H2,1-2H3,(H,15,16). The van der Waals surface area contributed by atoms with Gasteiger partial charge in [-0.2, -0.15) is 13.5 Å². The normalized spacial score (nSPS) is 11.2.